The number of hydrogen-bond acceptors (Lipinski definition) is 5. The molecular weight excluding hydrogens is 282 g/mol. The van der Waals surface area contributed by atoms with Gasteiger partial charge in [-0.05, 0) is 19.1 Å². The van der Waals surface area contributed by atoms with Gasteiger partial charge in [-0.1, -0.05) is 17.7 Å². The van der Waals surface area contributed by atoms with Crippen molar-refractivity contribution in [1.29, 1.82) is 0 Å². The molecule has 6 nitrogen and oxygen atoms in total. The number of nitrogens with one attached hydrogen (secondary N) is 1. The summed E-state index contributed by atoms with van der Waals surface area (Å²) in [6, 6.07) is 7.64. The van der Waals surface area contributed by atoms with E-state index in [-0.39, 0.29) is 19.1 Å². The zero-order valence-electron chi connectivity index (χ0n) is 13.1. The summed E-state index contributed by atoms with van der Waals surface area (Å²) in [4.78, 5) is 16.2. The maximum Gasteiger partial charge on any atom is 0.258 e. The summed E-state index contributed by atoms with van der Waals surface area (Å²) in [5.41, 5.74) is 1.16. The molecule has 2 rings (SSSR count). The third-order valence-electron chi connectivity index (χ3n) is 3.77. The SMILES string of the molecule is Cc1ccc(OCC(=O)NCN2CCN(CCO)CC2)cc1. The van der Waals surface area contributed by atoms with E-state index >= 15 is 0 Å². The molecule has 6 heteroatoms. The van der Waals surface area contributed by atoms with Gasteiger partial charge in [0.15, 0.2) is 6.61 Å². The van der Waals surface area contributed by atoms with Gasteiger partial charge >= 0.3 is 0 Å². The molecule has 1 fully saturated rings. The highest BCUT2D eigenvalue weighted by atomic mass is 16.5. The number of benzene rings is 1. The van der Waals surface area contributed by atoms with E-state index in [0.717, 1.165) is 38.3 Å². The molecule has 0 aromatic heterocycles. The number of hydrogen-bond donors (Lipinski definition) is 2. The molecule has 1 aliphatic rings. The molecule has 0 saturated carbocycles. The number of β-amino-alcohol motifs (C(OH)–C–C–N with tert-alkyl or cyclic N) is 1. The maximum absolute atomic E-state index is 11.8. The van der Waals surface area contributed by atoms with Crippen molar-refractivity contribution in [2.45, 2.75) is 6.92 Å². The van der Waals surface area contributed by atoms with Gasteiger partial charge in [-0.2, -0.15) is 0 Å². The molecule has 1 aromatic rings. The van der Waals surface area contributed by atoms with Gasteiger partial charge in [-0.25, -0.2) is 0 Å². The molecule has 0 radical (unpaired) electrons. The first-order valence-electron chi connectivity index (χ1n) is 7.69. The molecule has 122 valence electrons. The van der Waals surface area contributed by atoms with Crippen LogP contribution in [-0.2, 0) is 4.79 Å². The number of piperazine rings is 1. The fraction of sp³-hybridized carbons (Fsp3) is 0.562. The summed E-state index contributed by atoms with van der Waals surface area (Å²) < 4.78 is 5.45. The van der Waals surface area contributed by atoms with E-state index in [4.69, 9.17) is 9.84 Å². The fourth-order valence-electron chi connectivity index (χ4n) is 2.35. The van der Waals surface area contributed by atoms with E-state index in [9.17, 15) is 4.79 Å². The zero-order valence-corrected chi connectivity index (χ0v) is 13.1. The quantitative estimate of drug-likeness (QED) is 0.746. The number of carbonyl (C=O) groups excluding carboxylic acids is 1. The Labute approximate surface area is 131 Å². The zero-order chi connectivity index (χ0) is 15.8. The summed E-state index contributed by atoms with van der Waals surface area (Å²) in [6.07, 6.45) is 0. The lowest BCUT2D eigenvalue weighted by Crippen LogP contribution is -2.50. The van der Waals surface area contributed by atoms with Crippen LogP contribution in [0, 0.1) is 6.92 Å². The summed E-state index contributed by atoms with van der Waals surface area (Å²) >= 11 is 0. The molecule has 1 aromatic carbocycles. The largest absolute Gasteiger partial charge is 0.484 e. The van der Waals surface area contributed by atoms with Crippen LogP contribution in [0.4, 0.5) is 0 Å². The molecule has 1 saturated heterocycles. The number of aliphatic hydroxyl groups is 1. The second-order valence-electron chi connectivity index (χ2n) is 5.54. The van der Waals surface area contributed by atoms with E-state index in [1.165, 1.54) is 0 Å². The van der Waals surface area contributed by atoms with Crippen molar-refractivity contribution in [3.8, 4) is 5.75 Å². The Hall–Kier alpha value is -1.63. The van der Waals surface area contributed by atoms with Crippen LogP contribution in [0.1, 0.15) is 5.56 Å². The summed E-state index contributed by atoms with van der Waals surface area (Å²) in [6.45, 7) is 7.18. The third-order valence-corrected chi connectivity index (χ3v) is 3.77. The molecule has 0 bridgehead atoms. The predicted molar refractivity (Wildman–Crippen MR) is 84.8 cm³/mol. The third kappa shape index (κ3) is 5.63. The van der Waals surface area contributed by atoms with Crippen LogP contribution in [-0.4, -0.2) is 73.4 Å². The second-order valence-corrected chi connectivity index (χ2v) is 5.54. The number of amides is 1. The molecule has 0 spiro atoms. The number of nitrogens with zero attached hydrogens (tertiary/aromatic N) is 2. The van der Waals surface area contributed by atoms with Gasteiger partial charge < -0.3 is 15.2 Å². The van der Waals surface area contributed by atoms with Crippen molar-refractivity contribution in [3.63, 3.8) is 0 Å². The van der Waals surface area contributed by atoms with Gasteiger partial charge in [-0.15, -0.1) is 0 Å². The molecule has 22 heavy (non-hydrogen) atoms. The Balaban J connectivity index is 1.61. The first kappa shape index (κ1) is 16.7. The standard InChI is InChI=1S/C16H25N3O3/c1-14-2-4-15(5-3-14)22-12-16(21)17-13-19-8-6-18(7-9-19)10-11-20/h2-5,20H,6-13H2,1H3,(H,17,21). The Kier molecular flexibility index (Phi) is 6.64. The number of aliphatic hydroxyl groups excluding tert-OH is 1. The van der Waals surface area contributed by atoms with Crippen LogP contribution in [0.15, 0.2) is 24.3 Å². The number of aryl methyl sites for hydroxylation is 1. The van der Waals surface area contributed by atoms with E-state index in [1.54, 1.807) is 0 Å². The van der Waals surface area contributed by atoms with Gasteiger partial charge in [0, 0.05) is 32.7 Å². The van der Waals surface area contributed by atoms with Crippen LogP contribution >= 0.6 is 0 Å². The number of ether oxygens (including phenoxy) is 1. The first-order valence-corrected chi connectivity index (χ1v) is 7.69. The monoisotopic (exact) mass is 307 g/mol. The van der Waals surface area contributed by atoms with Crippen molar-refractivity contribution in [2.24, 2.45) is 0 Å². The van der Waals surface area contributed by atoms with Crippen LogP contribution < -0.4 is 10.1 Å². The van der Waals surface area contributed by atoms with E-state index in [1.807, 2.05) is 31.2 Å². The highest BCUT2D eigenvalue weighted by Gasteiger charge is 2.16. The van der Waals surface area contributed by atoms with Crippen molar-refractivity contribution in [2.75, 3.05) is 52.6 Å². The first-order chi connectivity index (χ1) is 10.7. The molecule has 0 atom stereocenters. The highest BCUT2D eigenvalue weighted by Crippen LogP contribution is 2.10. The Bertz CT molecular complexity index is 456. The Morgan fingerprint density at radius 1 is 1.18 bits per heavy atom. The minimum atomic E-state index is -0.113. The van der Waals surface area contributed by atoms with Crippen molar-refractivity contribution in [3.05, 3.63) is 29.8 Å². The van der Waals surface area contributed by atoms with Gasteiger partial charge in [0.2, 0.25) is 0 Å². The maximum atomic E-state index is 11.8. The summed E-state index contributed by atoms with van der Waals surface area (Å²) in [5.74, 6) is 0.594. The molecule has 2 N–H and O–H groups in total. The van der Waals surface area contributed by atoms with Gasteiger partial charge in [-0.3, -0.25) is 14.6 Å². The van der Waals surface area contributed by atoms with Crippen LogP contribution in [0.25, 0.3) is 0 Å². The Morgan fingerprint density at radius 3 is 2.45 bits per heavy atom. The summed E-state index contributed by atoms with van der Waals surface area (Å²) in [7, 11) is 0. The normalized spacial score (nSPS) is 16.5. The highest BCUT2D eigenvalue weighted by molar-refractivity contribution is 5.77. The molecule has 0 aliphatic carbocycles. The second kappa shape index (κ2) is 8.73. The molecule has 1 heterocycles. The lowest BCUT2D eigenvalue weighted by molar-refractivity contribution is -0.123. The van der Waals surface area contributed by atoms with E-state index in [0.29, 0.717) is 12.4 Å². The van der Waals surface area contributed by atoms with Gasteiger partial charge in [0.05, 0.1) is 13.3 Å². The number of rotatable bonds is 7. The smallest absolute Gasteiger partial charge is 0.258 e. The average Bonchev–Trinajstić information content (AvgIpc) is 2.54. The lowest BCUT2D eigenvalue weighted by atomic mass is 10.2. The van der Waals surface area contributed by atoms with Crippen molar-refractivity contribution >= 4 is 5.91 Å². The molecular formula is C16H25N3O3. The van der Waals surface area contributed by atoms with E-state index < -0.39 is 0 Å². The van der Waals surface area contributed by atoms with Crippen molar-refractivity contribution < 1.29 is 14.6 Å². The minimum absolute atomic E-state index is 0.0353. The molecule has 0 unspecified atom stereocenters. The molecule has 1 amide bonds. The summed E-state index contributed by atoms with van der Waals surface area (Å²) in [5, 5.41) is 11.8. The predicted octanol–water partition coefficient (Wildman–Crippen LogP) is 0.0574. The van der Waals surface area contributed by atoms with E-state index in [2.05, 4.69) is 15.1 Å². The Morgan fingerprint density at radius 2 is 1.82 bits per heavy atom. The lowest BCUT2D eigenvalue weighted by Gasteiger charge is -2.34. The van der Waals surface area contributed by atoms with Crippen LogP contribution in [0.5, 0.6) is 5.75 Å². The van der Waals surface area contributed by atoms with Crippen molar-refractivity contribution in [1.82, 2.24) is 15.1 Å². The minimum Gasteiger partial charge on any atom is -0.484 e. The molecule has 1 aliphatic heterocycles. The average molecular weight is 307 g/mol. The fourth-order valence-corrected chi connectivity index (χ4v) is 2.35. The van der Waals surface area contributed by atoms with Gasteiger partial charge in [0.25, 0.3) is 5.91 Å². The number of carbonyl (C=O) groups is 1. The van der Waals surface area contributed by atoms with Crippen LogP contribution in [0.3, 0.4) is 0 Å². The van der Waals surface area contributed by atoms with Crippen LogP contribution in [0.2, 0.25) is 0 Å². The topological polar surface area (TPSA) is 65.0 Å². The van der Waals surface area contributed by atoms with Gasteiger partial charge in [0.1, 0.15) is 5.75 Å².